The molecule has 9 nitrogen and oxygen atoms in total. The Balaban J connectivity index is 1.27. The van der Waals surface area contributed by atoms with Crippen molar-refractivity contribution in [1.29, 1.82) is 0 Å². The third-order valence-electron chi connectivity index (χ3n) is 7.27. The molecule has 6 aromatic rings. The molecular formula is C32H29ClN6O3. The van der Waals surface area contributed by atoms with Crippen molar-refractivity contribution in [2.24, 2.45) is 0 Å². The molecule has 0 aliphatic rings. The first kappa shape index (κ1) is 27.3. The van der Waals surface area contributed by atoms with Gasteiger partial charge >= 0.3 is 0 Å². The van der Waals surface area contributed by atoms with E-state index in [1.54, 1.807) is 24.8 Å². The summed E-state index contributed by atoms with van der Waals surface area (Å²) in [7, 11) is 0. The van der Waals surface area contributed by atoms with E-state index in [0.717, 1.165) is 27.7 Å². The van der Waals surface area contributed by atoms with Crippen LogP contribution in [0.1, 0.15) is 50.0 Å². The number of nitrogens with zero attached hydrogens (tertiary/aromatic N) is 3. The minimum Gasteiger partial charge on any atom is -0.361 e. The molecule has 0 atom stereocenters. The Morgan fingerprint density at radius 1 is 1.02 bits per heavy atom. The average Bonchev–Trinajstić information content (AvgIpc) is 3.71. The zero-order valence-electron chi connectivity index (χ0n) is 23.2. The Morgan fingerprint density at radius 3 is 2.64 bits per heavy atom. The summed E-state index contributed by atoms with van der Waals surface area (Å²) in [6.45, 7) is 4.15. The third kappa shape index (κ3) is 5.51. The summed E-state index contributed by atoms with van der Waals surface area (Å²) in [6.07, 6.45) is 3.01. The van der Waals surface area contributed by atoms with Gasteiger partial charge in [-0.25, -0.2) is 4.98 Å². The van der Waals surface area contributed by atoms with E-state index in [0.29, 0.717) is 59.0 Å². The zero-order chi connectivity index (χ0) is 29.2. The number of carbonyl (C=O) groups is 2. The van der Waals surface area contributed by atoms with Gasteiger partial charge in [-0.15, -0.1) is 0 Å². The Hall–Kier alpha value is -4.89. The number of carbonyl (C=O) groups excluding carboxylic acids is 2. The molecule has 3 aromatic carbocycles. The molecule has 0 radical (unpaired) electrons. The monoisotopic (exact) mass is 580 g/mol. The number of H-pyrrole nitrogens is 2. The summed E-state index contributed by atoms with van der Waals surface area (Å²) in [4.78, 5) is 39.6. The SMILES string of the molecule is Cc1noc(C)c1C(=O)NCCCN(C(=O)c1nc2c(Cc3ccccc3)cc(Cl)cc2[nH]1)c1ccc2[nH]ccc2c1. The molecule has 42 heavy (non-hydrogen) atoms. The highest BCUT2D eigenvalue weighted by atomic mass is 35.5. The lowest BCUT2D eigenvalue weighted by atomic mass is 10.0. The van der Waals surface area contributed by atoms with Crippen LogP contribution < -0.4 is 10.2 Å². The van der Waals surface area contributed by atoms with Gasteiger partial charge in [-0.3, -0.25) is 9.59 Å². The fraction of sp³-hybridized carbons (Fsp3) is 0.188. The summed E-state index contributed by atoms with van der Waals surface area (Å²) in [6, 6.07) is 21.5. The maximum atomic E-state index is 14.0. The molecule has 10 heteroatoms. The number of fused-ring (bicyclic) bond motifs is 2. The number of hydrogen-bond acceptors (Lipinski definition) is 5. The lowest BCUT2D eigenvalue weighted by Crippen LogP contribution is -2.35. The second-order valence-electron chi connectivity index (χ2n) is 10.2. The van der Waals surface area contributed by atoms with Gasteiger partial charge in [0, 0.05) is 40.9 Å². The molecule has 0 spiro atoms. The first-order valence-corrected chi connectivity index (χ1v) is 14.1. The Morgan fingerprint density at radius 2 is 1.86 bits per heavy atom. The van der Waals surface area contributed by atoms with E-state index in [1.807, 2.05) is 54.7 Å². The molecule has 212 valence electrons. The highest BCUT2D eigenvalue weighted by molar-refractivity contribution is 6.31. The molecule has 0 saturated heterocycles. The van der Waals surface area contributed by atoms with Gasteiger partial charge in [-0.05, 0) is 74.2 Å². The number of benzene rings is 3. The minimum absolute atomic E-state index is 0.218. The van der Waals surface area contributed by atoms with Crippen LogP contribution in [0, 0.1) is 13.8 Å². The van der Waals surface area contributed by atoms with Crippen molar-refractivity contribution >= 4 is 51.0 Å². The van der Waals surface area contributed by atoms with Gasteiger partial charge in [0.05, 0.1) is 16.7 Å². The van der Waals surface area contributed by atoms with Crippen LogP contribution in [-0.2, 0) is 6.42 Å². The number of nitrogens with one attached hydrogen (secondary N) is 3. The van der Waals surface area contributed by atoms with Crippen molar-refractivity contribution < 1.29 is 14.1 Å². The molecule has 0 fully saturated rings. The van der Waals surface area contributed by atoms with E-state index in [-0.39, 0.29) is 17.6 Å². The van der Waals surface area contributed by atoms with Crippen LogP contribution in [0.15, 0.2) is 77.4 Å². The molecule has 3 aromatic heterocycles. The van der Waals surface area contributed by atoms with Crippen molar-refractivity contribution in [2.45, 2.75) is 26.7 Å². The predicted octanol–water partition coefficient (Wildman–Crippen LogP) is 6.36. The Kier molecular flexibility index (Phi) is 7.50. The third-order valence-corrected chi connectivity index (χ3v) is 7.49. The minimum atomic E-state index is -0.278. The molecule has 2 amide bonds. The van der Waals surface area contributed by atoms with Gasteiger partial charge in [0.15, 0.2) is 5.82 Å². The fourth-order valence-corrected chi connectivity index (χ4v) is 5.46. The topological polar surface area (TPSA) is 120 Å². The lowest BCUT2D eigenvalue weighted by Gasteiger charge is -2.22. The summed E-state index contributed by atoms with van der Waals surface area (Å²) in [5.74, 6) is 0.159. The van der Waals surface area contributed by atoms with Crippen molar-refractivity contribution in [2.75, 3.05) is 18.0 Å². The van der Waals surface area contributed by atoms with Gasteiger partial charge in [0.25, 0.3) is 11.8 Å². The number of anilines is 1. The second-order valence-corrected chi connectivity index (χ2v) is 10.7. The van der Waals surface area contributed by atoms with Crippen molar-refractivity contribution in [3.05, 3.63) is 112 Å². The van der Waals surface area contributed by atoms with E-state index in [1.165, 1.54) is 0 Å². The molecule has 6 rings (SSSR count). The largest absolute Gasteiger partial charge is 0.361 e. The maximum absolute atomic E-state index is 14.0. The summed E-state index contributed by atoms with van der Waals surface area (Å²) in [5.41, 5.74) is 6.14. The number of imidazole rings is 1. The Bertz CT molecular complexity index is 1890. The molecule has 0 unspecified atom stereocenters. The number of aromatic nitrogens is 4. The molecule has 0 aliphatic carbocycles. The van der Waals surface area contributed by atoms with E-state index in [2.05, 4.69) is 32.6 Å². The van der Waals surface area contributed by atoms with Crippen LogP contribution in [-0.4, -0.2) is 45.0 Å². The molecule has 0 saturated carbocycles. The number of amides is 2. The number of aromatic amines is 2. The van der Waals surface area contributed by atoms with Gasteiger partial charge in [0.2, 0.25) is 0 Å². The van der Waals surface area contributed by atoms with Gasteiger partial charge in [0.1, 0.15) is 11.3 Å². The maximum Gasteiger partial charge on any atom is 0.294 e. The van der Waals surface area contributed by atoms with Gasteiger partial charge in [-0.2, -0.15) is 0 Å². The number of hydrogen-bond donors (Lipinski definition) is 3. The normalized spacial score (nSPS) is 11.3. The number of halogens is 1. The zero-order valence-corrected chi connectivity index (χ0v) is 24.0. The number of aryl methyl sites for hydroxylation is 2. The smallest absolute Gasteiger partial charge is 0.294 e. The van der Waals surface area contributed by atoms with Crippen molar-refractivity contribution in [3.63, 3.8) is 0 Å². The highest BCUT2D eigenvalue weighted by Crippen LogP contribution is 2.27. The van der Waals surface area contributed by atoms with Crippen molar-refractivity contribution in [3.8, 4) is 0 Å². The average molecular weight is 581 g/mol. The van der Waals surface area contributed by atoms with Crippen LogP contribution >= 0.6 is 11.6 Å². The molecule has 0 aliphatic heterocycles. The van der Waals surface area contributed by atoms with Crippen LogP contribution in [0.4, 0.5) is 5.69 Å². The van der Waals surface area contributed by atoms with Gasteiger partial charge in [-0.1, -0.05) is 47.1 Å². The predicted molar refractivity (Wildman–Crippen MR) is 163 cm³/mol. The van der Waals surface area contributed by atoms with Crippen molar-refractivity contribution in [1.82, 2.24) is 25.4 Å². The summed E-state index contributed by atoms with van der Waals surface area (Å²) in [5, 5.41) is 8.32. The second kappa shape index (κ2) is 11.5. The summed E-state index contributed by atoms with van der Waals surface area (Å²) < 4.78 is 5.12. The fourth-order valence-electron chi connectivity index (χ4n) is 5.22. The highest BCUT2D eigenvalue weighted by Gasteiger charge is 2.23. The van der Waals surface area contributed by atoms with Crippen LogP contribution in [0.2, 0.25) is 5.02 Å². The molecule has 3 N–H and O–H groups in total. The number of rotatable bonds is 9. The molecule has 3 heterocycles. The van der Waals surface area contributed by atoms with E-state index in [4.69, 9.17) is 21.1 Å². The van der Waals surface area contributed by atoms with Crippen LogP contribution in [0.5, 0.6) is 0 Å². The lowest BCUT2D eigenvalue weighted by molar-refractivity contribution is 0.0951. The standard InChI is InChI=1S/C32H29ClN6O3/c1-19-28(20(2)42-38-19)31(40)35-12-6-14-39(25-9-10-26-22(17-25)11-13-34-26)32(41)30-36-27-18-24(33)16-23(29(27)37-30)15-21-7-4-3-5-8-21/h3-5,7-11,13,16-18,34H,6,12,14-15H2,1-2H3,(H,35,40)(H,36,37). The van der Waals surface area contributed by atoms with Gasteiger partial charge < -0.3 is 24.7 Å². The molecule has 0 bridgehead atoms. The van der Waals surface area contributed by atoms with Crippen LogP contribution in [0.3, 0.4) is 0 Å². The first-order valence-electron chi connectivity index (χ1n) is 13.7. The first-order chi connectivity index (χ1) is 20.4. The van der Waals surface area contributed by atoms with E-state index < -0.39 is 0 Å². The van der Waals surface area contributed by atoms with Crippen LogP contribution in [0.25, 0.3) is 21.9 Å². The summed E-state index contributed by atoms with van der Waals surface area (Å²) >= 11 is 6.46. The van der Waals surface area contributed by atoms with E-state index >= 15 is 0 Å². The molecular weight excluding hydrogens is 552 g/mol. The Labute approximate surface area is 246 Å². The quantitative estimate of drug-likeness (QED) is 0.172. The van der Waals surface area contributed by atoms with E-state index in [9.17, 15) is 9.59 Å².